The molecule has 0 saturated heterocycles. The summed E-state index contributed by atoms with van der Waals surface area (Å²) in [4.78, 5) is 28.2. The van der Waals surface area contributed by atoms with Gasteiger partial charge in [-0.05, 0) is 36.6 Å². The van der Waals surface area contributed by atoms with Crippen molar-refractivity contribution in [2.24, 2.45) is 0 Å². The summed E-state index contributed by atoms with van der Waals surface area (Å²) in [5.74, 6) is -0.124. The van der Waals surface area contributed by atoms with Gasteiger partial charge in [0.1, 0.15) is 5.76 Å². The lowest BCUT2D eigenvalue weighted by molar-refractivity contribution is -0.136. The average molecular weight is 367 g/mol. The number of hydrogen-bond donors (Lipinski definition) is 1. The van der Waals surface area contributed by atoms with Crippen LogP contribution < -0.4 is 4.90 Å². The van der Waals surface area contributed by atoms with Crippen LogP contribution >= 0.6 is 11.3 Å². The van der Waals surface area contributed by atoms with Crippen LogP contribution in [-0.2, 0) is 16.9 Å². The van der Waals surface area contributed by atoms with Crippen molar-refractivity contribution >= 4 is 28.7 Å². The summed E-state index contributed by atoms with van der Waals surface area (Å²) in [6.45, 7) is 2.11. The van der Waals surface area contributed by atoms with Crippen molar-refractivity contribution in [1.29, 1.82) is 0 Å². The van der Waals surface area contributed by atoms with Gasteiger partial charge in [-0.25, -0.2) is 0 Å². The number of aliphatic hydroxyl groups is 1. The van der Waals surface area contributed by atoms with E-state index in [0.717, 1.165) is 4.88 Å². The summed E-state index contributed by atoms with van der Waals surface area (Å²) in [5.41, 5.74) is -0.791. The number of amides is 1. The molecule has 0 saturated carbocycles. The number of furan rings is 1. The minimum atomic E-state index is -1.88. The van der Waals surface area contributed by atoms with E-state index >= 15 is 0 Å². The quantitative estimate of drug-likeness (QED) is 0.699. The molecule has 2 aromatic heterocycles. The van der Waals surface area contributed by atoms with Crippen molar-refractivity contribution in [3.63, 3.8) is 0 Å². The van der Waals surface area contributed by atoms with Crippen LogP contribution in [0.4, 0.5) is 5.69 Å². The molecule has 3 heterocycles. The van der Waals surface area contributed by atoms with Crippen molar-refractivity contribution in [2.45, 2.75) is 25.5 Å². The smallest absolute Gasteiger partial charge is 0.264 e. The highest BCUT2D eigenvalue weighted by Crippen LogP contribution is 2.43. The van der Waals surface area contributed by atoms with E-state index in [4.69, 9.17) is 4.42 Å². The van der Waals surface area contributed by atoms with Crippen LogP contribution in [0, 0.1) is 6.92 Å². The van der Waals surface area contributed by atoms with E-state index in [1.54, 1.807) is 53.5 Å². The molecule has 4 rings (SSSR count). The molecule has 5 nitrogen and oxygen atoms in total. The molecule has 1 N–H and O–H groups in total. The van der Waals surface area contributed by atoms with Crippen LogP contribution in [0.25, 0.3) is 0 Å². The Kier molecular flexibility index (Phi) is 4.01. The van der Waals surface area contributed by atoms with Gasteiger partial charge in [0, 0.05) is 10.4 Å². The lowest BCUT2D eigenvalue weighted by Crippen LogP contribution is -2.41. The van der Waals surface area contributed by atoms with Gasteiger partial charge in [0.15, 0.2) is 11.4 Å². The number of aryl methyl sites for hydroxylation is 1. The second kappa shape index (κ2) is 6.23. The molecule has 26 heavy (non-hydrogen) atoms. The molecule has 1 aromatic carbocycles. The van der Waals surface area contributed by atoms with Gasteiger partial charge in [-0.3, -0.25) is 9.59 Å². The van der Waals surface area contributed by atoms with E-state index in [9.17, 15) is 14.7 Å². The molecule has 0 radical (unpaired) electrons. The van der Waals surface area contributed by atoms with Gasteiger partial charge in [0.05, 0.1) is 18.7 Å². The Balaban J connectivity index is 1.69. The van der Waals surface area contributed by atoms with Gasteiger partial charge in [0.25, 0.3) is 5.91 Å². The summed E-state index contributed by atoms with van der Waals surface area (Å²) in [6.07, 6.45) is -0.350. The van der Waals surface area contributed by atoms with Crippen LogP contribution in [0.1, 0.15) is 33.2 Å². The van der Waals surface area contributed by atoms with Gasteiger partial charge in [0.2, 0.25) is 5.78 Å². The minimum absolute atomic E-state index is 0.151. The van der Waals surface area contributed by atoms with Crippen LogP contribution in [0.15, 0.2) is 58.3 Å². The summed E-state index contributed by atoms with van der Waals surface area (Å²) in [7, 11) is 0. The van der Waals surface area contributed by atoms with Crippen molar-refractivity contribution in [3.05, 3.63) is 75.9 Å². The molecular formula is C20H17NO4S. The number of benzene rings is 1. The number of ketones is 1. The monoisotopic (exact) mass is 367 g/mol. The maximum absolute atomic E-state index is 13.1. The minimum Gasteiger partial charge on any atom is -0.458 e. The standard InChI is InChI=1S/C20H17NO4S/c1-13-8-9-18(25-13)17(22)11-20(24)15-6-2-3-7-16(15)21(19(20)23)12-14-5-4-10-26-14/h2-10,24H,11-12H2,1H3/t20-/m0/s1. The Labute approximate surface area is 154 Å². The molecule has 1 aliphatic rings. The van der Waals surface area contributed by atoms with E-state index in [0.29, 0.717) is 23.6 Å². The van der Waals surface area contributed by atoms with E-state index in [-0.39, 0.29) is 12.2 Å². The largest absolute Gasteiger partial charge is 0.458 e. The number of fused-ring (bicyclic) bond motifs is 1. The number of hydrogen-bond acceptors (Lipinski definition) is 5. The maximum atomic E-state index is 13.1. The zero-order chi connectivity index (χ0) is 18.3. The van der Waals surface area contributed by atoms with Crippen molar-refractivity contribution in [1.82, 2.24) is 0 Å². The SMILES string of the molecule is Cc1ccc(C(=O)C[C@@]2(O)C(=O)N(Cc3cccs3)c3ccccc32)o1. The van der Waals surface area contributed by atoms with Gasteiger partial charge >= 0.3 is 0 Å². The van der Waals surface area contributed by atoms with Crippen molar-refractivity contribution in [2.75, 3.05) is 4.90 Å². The Morgan fingerprint density at radius 3 is 2.69 bits per heavy atom. The fraction of sp³-hybridized carbons (Fsp3) is 0.200. The number of thiophene rings is 1. The molecule has 0 fully saturated rings. The second-order valence-corrected chi connectivity index (χ2v) is 7.39. The number of carbonyl (C=O) groups excluding carboxylic acids is 2. The van der Waals surface area contributed by atoms with Crippen LogP contribution in [-0.4, -0.2) is 16.8 Å². The number of rotatable bonds is 5. The number of para-hydroxylation sites is 1. The van der Waals surface area contributed by atoms with Gasteiger partial charge in [-0.2, -0.15) is 0 Å². The fourth-order valence-corrected chi connectivity index (χ4v) is 3.99. The fourth-order valence-electron chi connectivity index (χ4n) is 3.30. The topological polar surface area (TPSA) is 70.8 Å². The molecule has 132 valence electrons. The number of Topliss-reactive ketones (excluding diaryl/α,β-unsaturated/α-hetero) is 1. The summed E-state index contributed by atoms with van der Waals surface area (Å²) < 4.78 is 5.35. The third-order valence-electron chi connectivity index (χ3n) is 4.56. The Hall–Kier alpha value is -2.70. The maximum Gasteiger partial charge on any atom is 0.264 e. The molecule has 0 aliphatic carbocycles. The van der Waals surface area contributed by atoms with Crippen LogP contribution in [0.5, 0.6) is 0 Å². The van der Waals surface area contributed by atoms with Gasteiger partial charge in [-0.15, -0.1) is 11.3 Å². The van der Waals surface area contributed by atoms with E-state index in [1.807, 2.05) is 23.6 Å². The first-order valence-electron chi connectivity index (χ1n) is 8.25. The average Bonchev–Trinajstić information content (AvgIpc) is 3.33. The molecule has 0 spiro atoms. The predicted molar refractivity (Wildman–Crippen MR) is 98.2 cm³/mol. The van der Waals surface area contributed by atoms with Crippen LogP contribution in [0.2, 0.25) is 0 Å². The normalized spacial score (nSPS) is 19.0. The Morgan fingerprint density at radius 2 is 2.00 bits per heavy atom. The highest BCUT2D eigenvalue weighted by atomic mass is 32.1. The third-order valence-corrected chi connectivity index (χ3v) is 5.43. The molecule has 1 atom stereocenters. The highest BCUT2D eigenvalue weighted by molar-refractivity contribution is 7.09. The Morgan fingerprint density at radius 1 is 1.19 bits per heavy atom. The number of carbonyl (C=O) groups is 2. The highest BCUT2D eigenvalue weighted by Gasteiger charge is 2.51. The predicted octanol–water partition coefficient (Wildman–Crippen LogP) is 3.66. The van der Waals surface area contributed by atoms with E-state index < -0.39 is 17.3 Å². The van der Waals surface area contributed by atoms with Gasteiger partial charge in [-0.1, -0.05) is 24.3 Å². The van der Waals surface area contributed by atoms with Crippen molar-refractivity contribution in [3.8, 4) is 0 Å². The summed E-state index contributed by atoms with van der Waals surface area (Å²) in [6, 6.07) is 14.2. The lowest BCUT2D eigenvalue weighted by atomic mass is 9.89. The molecule has 6 heteroatoms. The number of anilines is 1. The molecular weight excluding hydrogens is 350 g/mol. The second-order valence-electron chi connectivity index (χ2n) is 6.36. The zero-order valence-electron chi connectivity index (χ0n) is 14.1. The zero-order valence-corrected chi connectivity index (χ0v) is 15.0. The summed E-state index contributed by atoms with van der Waals surface area (Å²) >= 11 is 1.54. The first kappa shape index (κ1) is 16.8. The lowest BCUT2D eigenvalue weighted by Gasteiger charge is -2.22. The molecule has 0 unspecified atom stereocenters. The molecule has 1 aliphatic heterocycles. The van der Waals surface area contributed by atoms with Gasteiger partial charge < -0.3 is 14.4 Å². The van der Waals surface area contributed by atoms with E-state index in [1.165, 1.54) is 0 Å². The first-order valence-corrected chi connectivity index (χ1v) is 9.13. The summed E-state index contributed by atoms with van der Waals surface area (Å²) in [5, 5.41) is 13.1. The molecule has 3 aromatic rings. The first-order chi connectivity index (χ1) is 12.5. The Bertz CT molecular complexity index is 975. The third kappa shape index (κ3) is 2.67. The van der Waals surface area contributed by atoms with Crippen molar-refractivity contribution < 1.29 is 19.1 Å². The molecule has 0 bridgehead atoms. The van der Waals surface area contributed by atoms with E-state index in [2.05, 4.69) is 0 Å². The number of nitrogens with zero attached hydrogens (tertiary/aromatic N) is 1. The molecule has 1 amide bonds. The van der Waals surface area contributed by atoms with Crippen LogP contribution in [0.3, 0.4) is 0 Å².